The number of benzene rings is 1. The number of carboxylic acids is 1. The molecule has 0 heterocycles. The molecule has 2 N–H and O–H groups in total. The van der Waals surface area contributed by atoms with Crippen LogP contribution in [0.25, 0.3) is 0 Å². The highest BCUT2D eigenvalue weighted by Crippen LogP contribution is 2.17. The van der Waals surface area contributed by atoms with E-state index in [0.29, 0.717) is 18.4 Å². The smallest absolute Gasteiger partial charge is 0.303 e. The molecular formula is C15H23NO2. The van der Waals surface area contributed by atoms with Gasteiger partial charge in [0.05, 0.1) is 0 Å². The van der Waals surface area contributed by atoms with Gasteiger partial charge in [-0.05, 0) is 37.0 Å². The molecular weight excluding hydrogens is 226 g/mol. The maximum atomic E-state index is 10.5. The minimum Gasteiger partial charge on any atom is -0.481 e. The zero-order valence-corrected chi connectivity index (χ0v) is 11.4. The summed E-state index contributed by atoms with van der Waals surface area (Å²) in [5.41, 5.74) is 2.14. The molecule has 1 rings (SSSR count). The van der Waals surface area contributed by atoms with E-state index in [1.165, 1.54) is 0 Å². The lowest BCUT2D eigenvalue weighted by Crippen LogP contribution is -2.23. The van der Waals surface area contributed by atoms with Gasteiger partial charge in [-0.25, -0.2) is 0 Å². The molecule has 0 spiro atoms. The fourth-order valence-corrected chi connectivity index (χ4v) is 1.83. The Morgan fingerprint density at radius 1 is 1.39 bits per heavy atom. The van der Waals surface area contributed by atoms with Crippen molar-refractivity contribution in [3.8, 4) is 0 Å². The Labute approximate surface area is 109 Å². The van der Waals surface area contributed by atoms with E-state index in [-0.39, 0.29) is 6.42 Å². The third-order valence-electron chi connectivity index (χ3n) is 3.45. The van der Waals surface area contributed by atoms with E-state index in [1.807, 2.05) is 24.3 Å². The van der Waals surface area contributed by atoms with Crippen LogP contribution in [0.2, 0.25) is 0 Å². The first-order valence-electron chi connectivity index (χ1n) is 6.60. The first-order valence-corrected chi connectivity index (χ1v) is 6.60. The molecule has 0 amide bonds. The summed E-state index contributed by atoms with van der Waals surface area (Å²) in [6.07, 6.45) is 1.92. The van der Waals surface area contributed by atoms with Crippen molar-refractivity contribution in [1.82, 2.24) is 0 Å². The molecule has 18 heavy (non-hydrogen) atoms. The second-order valence-electron chi connectivity index (χ2n) is 4.91. The first kappa shape index (κ1) is 14.6. The molecule has 0 aliphatic carbocycles. The fourth-order valence-electron chi connectivity index (χ4n) is 1.83. The van der Waals surface area contributed by atoms with E-state index in [1.54, 1.807) is 0 Å². The van der Waals surface area contributed by atoms with Gasteiger partial charge in [0.1, 0.15) is 0 Å². The summed E-state index contributed by atoms with van der Waals surface area (Å²) in [5, 5.41) is 12.2. The van der Waals surface area contributed by atoms with Crippen molar-refractivity contribution >= 4 is 11.7 Å². The van der Waals surface area contributed by atoms with E-state index in [2.05, 4.69) is 26.1 Å². The Kier molecular flexibility index (Phi) is 5.69. The molecule has 0 fully saturated rings. The number of hydrogen-bond acceptors (Lipinski definition) is 2. The summed E-state index contributed by atoms with van der Waals surface area (Å²) < 4.78 is 0. The summed E-state index contributed by atoms with van der Waals surface area (Å²) in [4.78, 5) is 10.5. The Morgan fingerprint density at radius 2 is 2.11 bits per heavy atom. The molecule has 1 aromatic carbocycles. The monoisotopic (exact) mass is 249 g/mol. The summed E-state index contributed by atoms with van der Waals surface area (Å²) in [6, 6.07) is 8.44. The Morgan fingerprint density at radius 3 is 2.72 bits per heavy atom. The van der Waals surface area contributed by atoms with Gasteiger partial charge >= 0.3 is 5.97 Å². The van der Waals surface area contributed by atoms with E-state index in [0.717, 1.165) is 17.7 Å². The predicted octanol–water partition coefficient (Wildman–Crippen LogP) is 3.55. The van der Waals surface area contributed by atoms with Crippen molar-refractivity contribution in [1.29, 1.82) is 0 Å². The zero-order chi connectivity index (χ0) is 13.5. The predicted molar refractivity (Wildman–Crippen MR) is 74.9 cm³/mol. The van der Waals surface area contributed by atoms with Gasteiger partial charge in [-0.1, -0.05) is 32.4 Å². The molecule has 0 saturated carbocycles. The number of carbonyl (C=O) groups is 1. The summed E-state index contributed by atoms with van der Waals surface area (Å²) >= 11 is 0. The third kappa shape index (κ3) is 4.78. The van der Waals surface area contributed by atoms with Crippen LogP contribution in [0.1, 0.15) is 39.2 Å². The lowest BCUT2D eigenvalue weighted by atomic mass is 10.0. The molecule has 0 saturated heterocycles. The van der Waals surface area contributed by atoms with Crippen LogP contribution in [0, 0.1) is 5.92 Å². The summed E-state index contributed by atoms with van der Waals surface area (Å²) in [7, 11) is 0. The van der Waals surface area contributed by atoms with E-state index in [4.69, 9.17) is 5.11 Å². The average molecular weight is 249 g/mol. The zero-order valence-electron chi connectivity index (χ0n) is 11.4. The SMILES string of the molecule is CCC(C)C(C)Nc1cccc(CCC(=O)O)c1. The van der Waals surface area contributed by atoms with Crippen LogP contribution in [-0.4, -0.2) is 17.1 Å². The van der Waals surface area contributed by atoms with Crippen LogP contribution >= 0.6 is 0 Å². The van der Waals surface area contributed by atoms with Crippen LogP contribution in [0.15, 0.2) is 24.3 Å². The molecule has 0 aliphatic heterocycles. The van der Waals surface area contributed by atoms with Gasteiger partial charge in [-0.2, -0.15) is 0 Å². The first-order chi connectivity index (χ1) is 8.52. The van der Waals surface area contributed by atoms with Crippen molar-refractivity contribution in [3.05, 3.63) is 29.8 Å². The normalized spacial score (nSPS) is 13.9. The topological polar surface area (TPSA) is 49.3 Å². The molecule has 3 heteroatoms. The van der Waals surface area contributed by atoms with Crippen LogP contribution < -0.4 is 5.32 Å². The maximum Gasteiger partial charge on any atom is 0.303 e. The highest BCUT2D eigenvalue weighted by Gasteiger charge is 2.09. The van der Waals surface area contributed by atoms with E-state index < -0.39 is 5.97 Å². The largest absolute Gasteiger partial charge is 0.481 e. The Bertz CT molecular complexity index is 390. The van der Waals surface area contributed by atoms with Gasteiger partial charge in [0.15, 0.2) is 0 Å². The van der Waals surface area contributed by atoms with Crippen LogP contribution in [0.5, 0.6) is 0 Å². The minimum absolute atomic E-state index is 0.185. The van der Waals surface area contributed by atoms with E-state index >= 15 is 0 Å². The van der Waals surface area contributed by atoms with Crippen molar-refractivity contribution < 1.29 is 9.90 Å². The summed E-state index contributed by atoms with van der Waals surface area (Å²) in [5.74, 6) is -0.131. The van der Waals surface area contributed by atoms with Gasteiger partial charge in [0.2, 0.25) is 0 Å². The Hall–Kier alpha value is -1.51. The molecule has 1 aromatic rings. The number of aryl methyl sites for hydroxylation is 1. The van der Waals surface area contributed by atoms with Gasteiger partial charge in [0, 0.05) is 18.2 Å². The third-order valence-corrected chi connectivity index (χ3v) is 3.45. The van der Waals surface area contributed by atoms with Crippen LogP contribution in [0.4, 0.5) is 5.69 Å². The van der Waals surface area contributed by atoms with Gasteiger partial charge in [-0.3, -0.25) is 4.79 Å². The highest BCUT2D eigenvalue weighted by atomic mass is 16.4. The number of aliphatic carboxylic acids is 1. The number of hydrogen-bond donors (Lipinski definition) is 2. The second-order valence-corrected chi connectivity index (χ2v) is 4.91. The molecule has 2 atom stereocenters. The standard InChI is InChI=1S/C15H23NO2/c1-4-11(2)12(3)16-14-7-5-6-13(10-14)8-9-15(17)18/h5-7,10-12,16H,4,8-9H2,1-3H3,(H,17,18). The van der Waals surface area contributed by atoms with Gasteiger partial charge in [0.25, 0.3) is 0 Å². The van der Waals surface area contributed by atoms with Crippen molar-refractivity contribution in [2.75, 3.05) is 5.32 Å². The lowest BCUT2D eigenvalue weighted by Gasteiger charge is -2.21. The number of nitrogens with one attached hydrogen (secondary N) is 1. The van der Waals surface area contributed by atoms with Crippen molar-refractivity contribution in [2.24, 2.45) is 5.92 Å². The fraction of sp³-hybridized carbons (Fsp3) is 0.533. The molecule has 0 aromatic heterocycles. The van der Waals surface area contributed by atoms with Crippen LogP contribution in [-0.2, 0) is 11.2 Å². The minimum atomic E-state index is -0.749. The van der Waals surface area contributed by atoms with Crippen LogP contribution in [0.3, 0.4) is 0 Å². The molecule has 100 valence electrons. The highest BCUT2D eigenvalue weighted by molar-refractivity contribution is 5.67. The second kappa shape index (κ2) is 7.04. The molecule has 3 nitrogen and oxygen atoms in total. The van der Waals surface area contributed by atoms with Gasteiger partial charge < -0.3 is 10.4 Å². The number of carboxylic acid groups (broad SMARTS) is 1. The van der Waals surface area contributed by atoms with Crippen molar-refractivity contribution in [2.45, 2.75) is 46.1 Å². The van der Waals surface area contributed by atoms with E-state index in [9.17, 15) is 4.79 Å². The number of anilines is 1. The lowest BCUT2D eigenvalue weighted by molar-refractivity contribution is -0.136. The maximum absolute atomic E-state index is 10.5. The Balaban J connectivity index is 2.61. The molecule has 2 unspecified atom stereocenters. The number of rotatable bonds is 7. The van der Waals surface area contributed by atoms with Gasteiger partial charge in [-0.15, -0.1) is 0 Å². The molecule has 0 bridgehead atoms. The van der Waals surface area contributed by atoms with Crippen molar-refractivity contribution in [3.63, 3.8) is 0 Å². The average Bonchev–Trinajstić information content (AvgIpc) is 2.35. The molecule has 0 radical (unpaired) electrons. The summed E-state index contributed by atoms with van der Waals surface area (Å²) in [6.45, 7) is 6.59. The quantitative estimate of drug-likeness (QED) is 0.777. The molecule has 0 aliphatic rings.